The molecule has 1 aliphatic carbocycles. The predicted octanol–water partition coefficient (Wildman–Crippen LogP) is 0.892. The standard InChI is InChI=1S/C18H21FN6O2/c1-20-8-14(21-2)10-5-6-24(9-10)16-13(19)7-12-15(22-16)25(11-3-4-11)18(27)23-17(12)26/h7,10-11,14,21H,3-6,8-9H2,2H3,(H,23,26,27). The van der Waals surface area contributed by atoms with E-state index < -0.39 is 17.1 Å². The monoisotopic (exact) mass is 372 g/mol. The van der Waals surface area contributed by atoms with Crippen LogP contribution in [0, 0.1) is 18.3 Å². The molecular weight excluding hydrogens is 351 g/mol. The second-order valence-electron chi connectivity index (χ2n) is 7.26. The number of hydrogen-bond donors (Lipinski definition) is 2. The number of likely N-dealkylation sites (N-methyl/N-ethyl adjacent to an activating group) is 1. The van der Waals surface area contributed by atoms with Crippen molar-refractivity contribution in [3.8, 4) is 0 Å². The van der Waals surface area contributed by atoms with Crippen molar-refractivity contribution in [2.75, 3.05) is 31.6 Å². The first-order valence-corrected chi connectivity index (χ1v) is 9.14. The van der Waals surface area contributed by atoms with E-state index in [1.165, 1.54) is 10.6 Å². The van der Waals surface area contributed by atoms with E-state index in [0.29, 0.717) is 19.6 Å². The second-order valence-corrected chi connectivity index (χ2v) is 7.26. The maximum absolute atomic E-state index is 14.8. The van der Waals surface area contributed by atoms with Crippen LogP contribution in [0.2, 0.25) is 0 Å². The van der Waals surface area contributed by atoms with Crippen LogP contribution < -0.4 is 21.5 Å². The van der Waals surface area contributed by atoms with Crippen molar-refractivity contribution in [1.82, 2.24) is 19.9 Å². The van der Waals surface area contributed by atoms with Crippen molar-refractivity contribution in [3.05, 3.63) is 44.1 Å². The van der Waals surface area contributed by atoms with Gasteiger partial charge >= 0.3 is 5.69 Å². The first-order valence-electron chi connectivity index (χ1n) is 9.14. The van der Waals surface area contributed by atoms with Crippen molar-refractivity contribution in [2.45, 2.75) is 31.3 Å². The van der Waals surface area contributed by atoms with Crippen LogP contribution in [0.4, 0.5) is 10.2 Å². The van der Waals surface area contributed by atoms with E-state index in [-0.39, 0.29) is 34.9 Å². The van der Waals surface area contributed by atoms with Gasteiger partial charge in [0.15, 0.2) is 17.3 Å². The third kappa shape index (κ3) is 3.10. The normalized spacial score (nSPS) is 20.8. The Morgan fingerprint density at radius 1 is 1.44 bits per heavy atom. The molecule has 2 aromatic heterocycles. The number of H-pyrrole nitrogens is 1. The van der Waals surface area contributed by atoms with E-state index in [0.717, 1.165) is 19.3 Å². The number of nitrogens with one attached hydrogen (secondary N) is 2. The van der Waals surface area contributed by atoms with Crippen LogP contribution in [0.5, 0.6) is 0 Å². The van der Waals surface area contributed by atoms with Gasteiger partial charge in [-0.25, -0.2) is 20.7 Å². The van der Waals surface area contributed by atoms with Gasteiger partial charge < -0.3 is 15.1 Å². The molecule has 0 amide bonds. The number of anilines is 1. The molecule has 2 N–H and O–H groups in total. The van der Waals surface area contributed by atoms with Gasteiger partial charge in [-0.1, -0.05) is 0 Å². The molecule has 1 saturated carbocycles. The number of nitrogens with zero attached hydrogens (tertiary/aromatic N) is 4. The molecule has 8 nitrogen and oxygen atoms in total. The van der Waals surface area contributed by atoms with Gasteiger partial charge in [-0.05, 0) is 32.4 Å². The molecule has 2 aromatic rings. The van der Waals surface area contributed by atoms with E-state index in [1.807, 2.05) is 11.9 Å². The summed E-state index contributed by atoms with van der Waals surface area (Å²) < 4.78 is 16.2. The fourth-order valence-corrected chi connectivity index (χ4v) is 3.92. The summed E-state index contributed by atoms with van der Waals surface area (Å²) in [5, 5.41) is 3.26. The highest BCUT2D eigenvalue weighted by molar-refractivity contribution is 5.76. The number of rotatable bonds is 5. The first kappa shape index (κ1) is 17.7. The molecule has 2 unspecified atom stereocenters. The van der Waals surface area contributed by atoms with Gasteiger partial charge in [0.1, 0.15) is 0 Å². The average Bonchev–Trinajstić information content (AvgIpc) is 3.35. The highest BCUT2D eigenvalue weighted by atomic mass is 19.1. The molecule has 27 heavy (non-hydrogen) atoms. The Kier molecular flexibility index (Phi) is 4.44. The Morgan fingerprint density at radius 3 is 2.89 bits per heavy atom. The summed E-state index contributed by atoms with van der Waals surface area (Å²) in [6, 6.07) is 1.24. The van der Waals surface area contributed by atoms with Crippen molar-refractivity contribution in [2.24, 2.45) is 5.92 Å². The van der Waals surface area contributed by atoms with Gasteiger partial charge in [0.2, 0.25) is 6.54 Å². The zero-order valence-corrected chi connectivity index (χ0v) is 15.0. The number of halogens is 1. The number of pyridine rings is 1. The molecule has 2 fully saturated rings. The SMILES string of the molecule is [C-]#[N+]CC(NC)C1CCN(c2nc3c(cc2F)c(=O)[nH]c(=O)n3C2CC2)C1. The van der Waals surface area contributed by atoms with Crippen LogP contribution in [0.15, 0.2) is 15.7 Å². The molecule has 3 heterocycles. The zero-order valence-electron chi connectivity index (χ0n) is 15.0. The summed E-state index contributed by atoms with van der Waals surface area (Å²) in [5.74, 6) is -0.186. The average molecular weight is 372 g/mol. The van der Waals surface area contributed by atoms with Gasteiger partial charge in [-0.15, -0.1) is 0 Å². The van der Waals surface area contributed by atoms with Gasteiger partial charge in [0.05, 0.1) is 11.4 Å². The van der Waals surface area contributed by atoms with E-state index in [9.17, 15) is 14.0 Å². The third-order valence-electron chi connectivity index (χ3n) is 5.51. The summed E-state index contributed by atoms with van der Waals surface area (Å²) in [7, 11) is 1.83. The number of fused-ring (bicyclic) bond motifs is 1. The Balaban J connectivity index is 1.74. The largest absolute Gasteiger partial charge is 0.354 e. The van der Waals surface area contributed by atoms with Gasteiger partial charge in [-0.2, -0.15) is 0 Å². The van der Waals surface area contributed by atoms with Crippen LogP contribution in [0.1, 0.15) is 25.3 Å². The molecule has 2 aliphatic rings. The minimum Gasteiger partial charge on any atom is -0.354 e. The molecule has 142 valence electrons. The Morgan fingerprint density at radius 2 is 2.22 bits per heavy atom. The summed E-state index contributed by atoms with van der Waals surface area (Å²) >= 11 is 0. The third-order valence-corrected chi connectivity index (χ3v) is 5.51. The van der Waals surface area contributed by atoms with E-state index in [4.69, 9.17) is 6.57 Å². The van der Waals surface area contributed by atoms with E-state index in [1.54, 1.807) is 0 Å². The van der Waals surface area contributed by atoms with Crippen LogP contribution >= 0.6 is 0 Å². The fourth-order valence-electron chi connectivity index (χ4n) is 3.92. The fraction of sp³-hybridized carbons (Fsp3) is 0.556. The number of aromatic amines is 1. The molecule has 4 rings (SSSR count). The van der Waals surface area contributed by atoms with Crippen LogP contribution in [0.25, 0.3) is 15.9 Å². The molecule has 0 spiro atoms. The Labute approximate surface area is 154 Å². The first-order chi connectivity index (χ1) is 13.0. The Hall–Kier alpha value is -2.73. The molecule has 9 heteroatoms. The lowest BCUT2D eigenvalue weighted by molar-refractivity contribution is 0.421. The number of aromatic nitrogens is 3. The highest BCUT2D eigenvalue weighted by Gasteiger charge is 2.33. The maximum atomic E-state index is 14.8. The minimum atomic E-state index is -0.614. The number of hydrogen-bond acceptors (Lipinski definition) is 5. The smallest absolute Gasteiger partial charge is 0.330 e. The molecule has 1 aliphatic heterocycles. The molecule has 1 saturated heterocycles. The topological polar surface area (TPSA) is 87.4 Å². The summed E-state index contributed by atoms with van der Waals surface area (Å²) in [6.45, 7) is 8.65. The molecule has 0 radical (unpaired) electrons. The maximum Gasteiger partial charge on any atom is 0.330 e. The van der Waals surface area contributed by atoms with E-state index in [2.05, 4.69) is 20.1 Å². The van der Waals surface area contributed by atoms with Crippen molar-refractivity contribution in [3.63, 3.8) is 0 Å². The molecule has 0 bridgehead atoms. The van der Waals surface area contributed by atoms with Crippen molar-refractivity contribution < 1.29 is 4.39 Å². The van der Waals surface area contributed by atoms with Crippen LogP contribution in [-0.2, 0) is 0 Å². The van der Waals surface area contributed by atoms with Crippen molar-refractivity contribution in [1.29, 1.82) is 0 Å². The van der Waals surface area contributed by atoms with E-state index >= 15 is 0 Å². The summed E-state index contributed by atoms with van der Waals surface area (Å²) in [5.41, 5.74) is -0.861. The van der Waals surface area contributed by atoms with Gasteiger partial charge in [-0.3, -0.25) is 14.3 Å². The molecule has 0 aromatic carbocycles. The lowest BCUT2D eigenvalue weighted by atomic mass is 9.99. The predicted molar refractivity (Wildman–Crippen MR) is 99.5 cm³/mol. The quantitative estimate of drug-likeness (QED) is 0.762. The highest BCUT2D eigenvalue weighted by Crippen LogP contribution is 2.35. The van der Waals surface area contributed by atoms with Gasteiger partial charge in [0, 0.05) is 25.0 Å². The van der Waals surface area contributed by atoms with Crippen LogP contribution in [-0.4, -0.2) is 47.3 Å². The summed E-state index contributed by atoms with van der Waals surface area (Å²) in [4.78, 5) is 36.3. The van der Waals surface area contributed by atoms with Crippen molar-refractivity contribution >= 4 is 16.9 Å². The minimum absolute atomic E-state index is 0.0151. The van der Waals surface area contributed by atoms with Gasteiger partial charge in [0.25, 0.3) is 5.56 Å². The summed E-state index contributed by atoms with van der Waals surface area (Å²) in [6.07, 6.45) is 2.52. The second kappa shape index (κ2) is 6.78. The lowest BCUT2D eigenvalue weighted by Crippen LogP contribution is -2.37. The Bertz CT molecular complexity index is 1040. The lowest BCUT2D eigenvalue weighted by Gasteiger charge is -2.21. The molecular formula is C18H21FN6O2. The zero-order chi connectivity index (χ0) is 19.1. The van der Waals surface area contributed by atoms with Crippen LogP contribution in [0.3, 0.4) is 0 Å². The molecule has 2 atom stereocenters.